The third-order valence-electron chi connectivity index (χ3n) is 8.38. The molecule has 2 fully saturated rings. The number of aromatic nitrogens is 1. The van der Waals surface area contributed by atoms with Gasteiger partial charge >= 0.3 is 0 Å². The van der Waals surface area contributed by atoms with Crippen molar-refractivity contribution in [2.24, 2.45) is 11.3 Å². The Balaban J connectivity index is 1.68. The number of likely N-dealkylation sites (tertiary alicyclic amines) is 1. The second kappa shape index (κ2) is 11.0. The van der Waals surface area contributed by atoms with E-state index >= 15 is 0 Å². The van der Waals surface area contributed by atoms with Gasteiger partial charge < -0.3 is 19.5 Å². The topological polar surface area (TPSA) is 82.8 Å². The number of benzene rings is 1. The minimum absolute atomic E-state index is 0.0107. The molecule has 1 aliphatic carbocycles. The predicted molar refractivity (Wildman–Crippen MR) is 141 cm³/mol. The average Bonchev–Trinajstić information content (AvgIpc) is 3.36. The Morgan fingerprint density at radius 1 is 1.11 bits per heavy atom. The van der Waals surface area contributed by atoms with Crippen LogP contribution in [0.5, 0.6) is 0 Å². The number of amides is 2. The van der Waals surface area contributed by atoms with Gasteiger partial charge in [0.2, 0.25) is 12.3 Å². The van der Waals surface area contributed by atoms with E-state index in [-0.39, 0.29) is 43.4 Å². The first-order valence-corrected chi connectivity index (χ1v) is 13.3. The number of pyridine rings is 1. The summed E-state index contributed by atoms with van der Waals surface area (Å²) in [6.07, 6.45) is 1.83. The first kappa shape index (κ1) is 28.0. The standard InChI is InChI=1S/C29H37F2N3O4/c1-20(15-24(30)31)26(36)33-14-13-29(38,28(18-33)11-7-8-12-28)19-34-17-23(27(37)32(2)3)22(16-25(34)35)21-9-5-4-6-10-21/h4-6,9-10,16-17,20,24,38H,7-8,11-15,18-19H2,1-3H3. The molecule has 38 heavy (non-hydrogen) atoms. The zero-order chi connectivity index (χ0) is 27.7. The third-order valence-corrected chi connectivity index (χ3v) is 8.38. The molecular formula is C29H37F2N3O4. The van der Waals surface area contributed by atoms with Crippen LogP contribution in [0.25, 0.3) is 11.1 Å². The number of aliphatic hydroxyl groups is 1. The molecule has 2 unspecified atom stereocenters. The van der Waals surface area contributed by atoms with Crippen molar-refractivity contribution < 1.29 is 23.5 Å². The van der Waals surface area contributed by atoms with Gasteiger partial charge in [-0.25, -0.2) is 8.78 Å². The quantitative estimate of drug-likeness (QED) is 0.587. The van der Waals surface area contributed by atoms with Crippen molar-refractivity contribution in [3.8, 4) is 11.1 Å². The van der Waals surface area contributed by atoms with E-state index in [1.165, 1.54) is 28.7 Å². The molecule has 1 saturated heterocycles. The molecule has 2 amide bonds. The van der Waals surface area contributed by atoms with Crippen LogP contribution in [0, 0.1) is 11.3 Å². The van der Waals surface area contributed by atoms with Crippen LogP contribution in [0.4, 0.5) is 8.78 Å². The highest BCUT2D eigenvalue weighted by atomic mass is 19.3. The van der Waals surface area contributed by atoms with Gasteiger partial charge in [0, 0.05) is 62.8 Å². The van der Waals surface area contributed by atoms with Crippen molar-refractivity contribution in [3.05, 3.63) is 58.5 Å². The Bertz CT molecular complexity index is 1220. The molecule has 1 aromatic carbocycles. The second-order valence-electron chi connectivity index (χ2n) is 11.2. The van der Waals surface area contributed by atoms with Crippen molar-refractivity contribution in [2.75, 3.05) is 27.2 Å². The van der Waals surface area contributed by atoms with Gasteiger partial charge in [-0.3, -0.25) is 14.4 Å². The van der Waals surface area contributed by atoms with Crippen LogP contribution in [0.2, 0.25) is 0 Å². The van der Waals surface area contributed by atoms with Crippen LogP contribution in [0.3, 0.4) is 0 Å². The molecule has 4 rings (SSSR count). The Morgan fingerprint density at radius 3 is 2.37 bits per heavy atom. The maximum atomic E-state index is 13.3. The smallest absolute Gasteiger partial charge is 0.255 e. The molecule has 1 N–H and O–H groups in total. The fourth-order valence-electron chi connectivity index (χ4n) is 6.21. The van der Waals surface area contributed by atoms with Gasteiger partial charge in [0.25, 0.3) is 11.5 Å². The largest absolute Gasteiger partial charge is 0.387 e. The first-order chi connectivity index (χ1) is 18.0. The minimum Gasteiger partial charge on any atom is -0.387 e. The van der Waals surface area contributed by atoms with Crippen LogP contribution in [-0.2, 0) is 11.3 Å². The minimum atomic E-state index is -2.55. The van der Waals surface area contributed by atoms with E-state index in [4.69, 9.17) is 0 Å². The summed E-state index contributed by atoms with van der Waals surface area (Å²) in [6.45, 7) is 2.01. The maximum Gasteiger partial charge on any atom is 0.255 e. The number of nitrogens with zero attached hydrogens (tertiary/aromatic N) is 3. The lowest BCUT2D eigenvalue weighted by atomic mass is 9.65. The van der Waals surface area contributed by atoms with E-state index in [1.54, 1.807) is 19.0 Å². The van der Waals surface area contributed by atoms with Gasteiger partial charge in [0.05, 0.1) is 17.7 Å². The first-order valence-electron chi connectivity index (χ1n) is 13.3. The van der Waals surface area contributed by atoms with Gasteiger partial charge in [-0.2, -0.15) is 0 Å². The highest BCUT2D eigenvalue weighted by Crippen LogP contribution is 2.51. The molecule has 7 nitrogen and oxygen atoms in total. The predicted octanol–water partition coefficient (Wildman–Crippen LogP) is 4.03. The summed E-state index contributed by atoms with van der Waals surface area (Å²) < 4.78 is 27.2. The molecule has 2 heterocycles. The fraction of sp³-hybridized carbons (Fsp3) is 0.552. The summed E-state index contributed by atoms with van der Waals surface area (Å²) in [5.41, 5.74) is -0.625. The Morgan fingerprint density at radius 2 is 1.76 bits per heavy atom. The van der Waals surface area contributed by atoms with Gasteiger partial charge in [-0.15, -0.1) is 0 Å². The van der Waals surface area contributed by atoms with Crippen molar-refractivity contribution in [1.29, 1.82) is 0 Å². The van der Waals surface area contributed by atoms with Crippen LogP contribution in [0.1, 0.15) is 55.8 Å². The van der Waals surface area contributed by atoms with Gasteiger partial charge in [-0.05, 0) is 24.8 Å². The normalized spacial score (nSPS) is 21.6. The highest BCUT2D eigenvalue weighted by Gasteiger charge is 2.55. The molecule has 1 saturated carbocycles. The SMILES string of the molecule is CC(CC(F)F)C(=O)N1CCC(O)(Cn2cc(C(=O)N(C)C)c(-c3ccccc3)cc2=O)C2(CCCC2)C1. The third kappa shape index (κ3) is 5.39. The van der Waals surface area contributed by atoms with Crippen molar-refractivity contribution >= 4 is 11.8 Å². The number of hydrogen-bond acceptors (Lipinski definition) is 4. The average molecular weight is 530 g/mol. The molecule has 0 bridgehead atoms. The van der Waals surface area contributed by atoms with E-state index in [2.05, 4.69) is 0 Å². The lowest BCUT2D eigenvalue weighted by Gasteiger charge is -2.52. The summed E-state index contributed by atoms with van der Waals surface area (Å²) in [5.74, 6) is -1.37. The van der Waals surface area contributed by atoms with Crippen molar-refractivity contribution in [1.82, 2.24) is 14.4 Å². The monoisotopic (exact) mass is 529 g/mol. The van der Waals surface area contributed by atoms with Crippen LogP contribution in [0.15, 0.2) is 47.4 Å². The van der Waals surface area contributed by atoms with E-state index < -0.39 is 29.8 Å². The summed E-state index contributed by atoms with van der Waals surface area (Å²) in [5, 5.41) is 12.1. The number of carbonyl (C=O) groups is 2. The summed E-state index contributed by atoms with van der Waals surface area (Å²) in [4.78, 5) is 42.5. The molecule has 0 radical (unpaired) electrons. The molecular weight excluding hydrogens is 492 g/mol. The zero-order valence-corrected chi connectivity index (χ0v) is 22.3. The van der Waals surface area contributed by atoms with Crippen LogP contribution < -0.4 is 5.56 Å². The maximum absolute atomic E-state index is 13.3. The Hall–Kier alpha value is -3.07. The van der Waals surface area contributed by atoms with Crippen molar-refractivity contribution in [3.63, 3.8) is 0 Å². The van der Waals surface area contributed by atoms with E-state index in [1.807, 2.05) is 30.3 Å². The highest BCUT2D eigenvalue weighted by molar-refractivity contribution is 6.00. The fourth-order valence-corrected chi connectivity index (χ4v) is 6.21. The van der Waals surface area contributed by atoms with Crippen LogP contribution in [-0.4, -0.2) is 70.5 Å². The molecule has 206 valence electrons. The second-order valence-corrected chi connectivity index (χ2v) is 11.2. The van der Waals surface area contributed by atoms with Gasteiger partial charge in [0.15, 0.2) is 0 Å². The number of halogens is 2. The number of carbonyl (C=O) groups excluding carboxylic acids is 2. The number of piperidine rings is 1. The molecule has 2 atom stereocenters. The van der Waals surface area contributed by atoms with Crippen molar-refractivity contribution in [2.45, 2.75) is 64.0 Å². The number of alkyl halides is 2. The molecule has 2 aliphatic rings. The lowest BCUT2D eigenvalue weighted by Crippen LogP contribution is -2.62. The van der Waals surface area contributed by atoms with Gasteiger partial charge in [-0.1, -0.05) is 50.1 Å². The summed E-state index contributed by atoms with van der Waals surface area (Å²) >= 11 is 0. The van der Waals surface area contributed by atoms with Gasteiger partial charge in [0.1, 0.15) is 0 Å². The van der Waals surface area contributed by atoms with E-state index in [0.29, 0.717) is 24.0 Å². The van der Waals surface area contributed by atoms with E-state index in [0.717, 1.165) is 18.4 Å². The lowest BCUT2D eigenvalue weighted by molar-refractivity contribution is -0.163. The molecule has 1 spiro atoms. The molecule has 1 aromatic heterocycles. The van der Waals surface area contributed by atoms with E-state index in [9.17, 15) is 28.3 Å². The molecule has 2 aromatic rings. The number of hydrogen-bond donors (Lipinski definition) is 1. The summed E-state index contributed by atoms with van der Waals surface area (Å²) in [7, 11) is 3.30. The number of rotatable bonds is 7. The molecule has 9 heteroatoms. The van der Waals surface area contributed by atoms with Crippen LogP contribution >= 0.6 is 0 Å². The zero-order valence-electron chi connectivity index (χ0n) is 22.3. The summed E-state index contributed by atoms with van der Waals surface area (Å²) in [6, 6.07) is 10.7. The molecule has 1 aliphatic heterocycles. The Labute approximate surface area is 222 Å². The Kier molecular flexibility index (Phi) is 8.06.